The molecule has 2 aliphatic rings. The van der Waals surface area contributed by atoms with Crippen molar-refractivity contribution in [2.75, 3.05) is 72.2 Å². The molecule has 11 heteroatoms. The molecule has 1 fully saturated rings. The molecule has 284 valence electrons. The molecule has 51 heavy (non-hydrogen) atoms. The van der Waals surface area contributed by atoms with Crippen LogP contribution >= 0.6 is 0 Å². The Labute approximate surface area is 305 Å². The summed E-state index contributed by atoms with van der Waals surface area (Å²) < 4.78 is 29.0. The zero-order valence-corrected chi connectivity index (χ0v) is 32.0. The van der Waals surface area contributed by atoms with Crippen molar-refractivity contribution >= 4 is 17.5 Å². The summed E-state index contributed by atoms with van der Waals surface area (Å²) in [5.74, 6) is 0.988. The smallest absolute Gasteiger partial charge is 0.239 e. The summed E-state index contributed by atoms with van der Waals surface area (Å²) in [6, 6.07) is 13.9. The first-order valence-electron chi connectivity index (χ1n) is 18.5. The highest BCUT2D eigenvalue weighted by Gasteiger charge is 2.43. The molecule has 2 aromatic carbocycles. The molecule has 4 atom stereocenters. The number of piperidine rings is 1. The number of fused-ring (bicyclic) bond motifs is 1. The Bertz CT molecular complexity index is 1390. The van der Waals surface area contributed by atoms with Crippen molar-refractivity contribution in [3.05, 3.63) is 59.2 Å². The molecule has 2 amide bonds. The van der Waals surface area contributed by atoms with Gasteiger partial charge in [-0.15, -0.1) is 0 Å². The monoisotopic (exact) mass is 710 g/mol. The molecule has 0 bridgehead atoms. The Morgan fingerprint density at radius 3 is 2.43 bits per heavy atom. The van der Waals surface area contributed by atoms with Crippen LogP contribution in [0.15, 0.2) is 42.5 Å². The predicted molar refractivity (Wildman–Crippen MR) is 200 cm³/mol. The number of carbonyl (C=O) groups is 2. The van der Waals surface area contributed by atoms with E-state index in [1.54, 1.807) is 21.3 Å². The summed E-state index contributed by atoms with van der Waals surface area (Å²) in [4.78, 5) is 31.4. The molecule has 2 heterocycles. The summed E-state index contributed by atoms with van der Waals surface area (Å²) in [5, 5.41) is 2.82. The number of nitrogens with one attached hydrogen (secondary N) is 1. The zero-order valence-electron chi connectivity index (χ0n) is 32.0. The van der Waals surface area contributed by atoms with Crippen molar-refractivity contribution in [2.24, 2.45) is 17.1 Å². The van der Waals surface area contributed by atoms with E-state index in [1.807, 2.05) is 24.8 Å². The average Bonchev–Trinajstić information content (AvgIpc) is 3.12. The van der Waals surface area contributed by atoms with Crippen molar-refractivity contribution in [3.8, 4) is 5.75 Å². The molecule has 0 unspecified atom stereocenters. The Kier molecular flexibility index (Phi) is 15.6. The number of hydrogen-bond acceptors (Lipinski definition) is 9. The fraction of sp³-hybridized carbons (Fsp3) is 0.650. The second-order valence-electron chi connectivity index (χ2n) is 15.0. The van der Waals surface area contributed by atoms with Crippen molar-refractivity contribution < 1.29 is 33.3 Å². The SMILES string of the molecule is CNC(=O)C(C)(C)C[C@H]1C[C@H](c2ccc(COCCOC)cc2)[C@@H](OCc2ccc3c(c2)N(CCCOC)CCO3)CN1C(=O)[C@@H](N)CC(C)C. The van der Waals surface area contributed by atoms with Gasteiger partial charge < -0.3 is 44.5 Å². The number of anilines is 1. The van der Waals surface area contributed by atoms with Crippen LogP contribution in [-0.4, -0.2) is 102 Å². The highest BCUT2D eigenvalue weighted by atomic mass is 16.5. The third-order valence-electron chi connectivity index (χ3n) is 10.0. The van der Waals surface area contributed by atoms with Gasteiger partial charge in [0.15, 0.2) is 0 Å². The van der Waals surface area contributed by atoms with E-state index in [9.17, 15) is 9.59 Å². The van der Waals surface area contributed by atoms with Crippen LogP contribution in [-0.2, 0) is 41.8 Å². The summed E-state index contributed by atoms with van der Waals surface area (Å²) in [6.45, 7) is 13.4. The standard InChI is InChI=1S/C40H62N4O7/c1-28(2)21-34(41)38(45)44-25-37(51-27-30-11-14-36-35(22-30)43(16-18-50-36)15-8-17-47-6)33(23-32(44)24-40(3,4)39(46)42-5)31-12-9-29(10-13-31)26-49-20-19-48-7/h9-14,22,28,32-34,37H,8,15-21,23-27,41H2,1-7H3,(H,42,46)/t32-,33-,34+,37+/m1/s1. The fourth-order valence-electron chi connectivity index (χ4n) is 7.30. The van der Waals surface area contributed by atoms with Crippen molar-refractivity contribution in [3.63, 3.8) is 0 Å². The molecule has 0 aromatic heterocycles. The van der Waals surface area contributed by atoms with E-state index in [4.69, 9.17) is 29.4 Å². The lowest BCUT2D eigenvalue weighted by atomic mass is 9.76. The van der Waals surface area contributed by atoms with E-state index >= 15 is 0 Å². The van der Waals surface area contributed by atoms with E-state index in [0.29, 0.717) is 65.4 Å². The highest BCUT2D eigenvalue weighted by Crippen LogP contribution is 2.40. The minimum atomic E-state index is -0.692. The van der Waals surface area contributed by atoms with E-state index < -0.39 is 11.5 Å². The number of benzene rings is 2. The Balaban J connectivity index is 1.63. The number of ether oxygens (including phenoxy) is 5. The summed E-state index contributed by atoms with van der Waals surface area (Å²) in [7, 11) is 5.05. The number of nitrogens with zero attached hydrogens (tertiary/aromatic N) is 2. The third-order valence-corrected chi connectivity index (χ3v) is 10.0. The third kappa shape index (κ3) is 11.4. The van der Waals surface area contributed by atoms with Crippen LogP contribution in [0, 0.1) is 11.3 Å². The Morgan fingerprint density at radius 2 is 1.75 bits per heavy atom. The number of carbonyl (C=O) groups excluding carboxylic acids is 2. The maximum absolute atomic E-state index is 14.1. The van der Waals surface area contributed by atoms with Gasteiger partial charge in [-0.3, -0.25) is 9.59 Å². The van der Waals surface area contributed by atoms with Crippen LogP contribution in [0.5, 0.6) is 5.75 Å². The molecule has 0 aliphatic carbocycles. The number of hydrogen-bond donors (Lipinski definition) is 2. The number of rotatable bonds is 19. The molecular weight excluding hydrogens is 648 g/mol. The van der Waals surface area contributed by atoms with E-state index in [1.165, 1.54) is 0 Å². The normalized spacial score (nSPS) is 19.8. The van der Waals surface area contributed by atoms with Crippen LogP contribution in [0.1, 0.15) is 76.0 Å². The summed E-state index contributed by atoms with van der Waals surface area (Å²) in [6.07, 6.45) is 2.36. The molecular formula is C40H62N4O7. The second-order valence-corrected chi connectivity index (χ2v) is 15.0. The van der Waals surface area contributed by atoms with Crippen LogP contribution in [0.25, 0.3) is 0 Å². The minimum Gasteiger partial charge on any atom is -0.490 e. The topological polar surface area (TPSA) is 125 Å². The molecule has 0 saturated carbocycles. The maximum Gasteiger partial charge on any atom is 0.239 e. The molecule has 2 aliphatic heterocycles. The molecule has 0 spiro atoms. The van der Waals surface area contributed by atoms with Crippen molar-refractivity contribution in [1.82, 2.24) is 10.2 Å². The van der Waals surface area contributed by atoms with Gasteiger partial charge in [0.05, 0.1) is 50.8 Å². The molecule has 4 rings (SSSR count). The first kappa shape index (κ1) is 40.5. The number of amides is 2. The first-order valence-corrected chi connectivity index (χ1v) is 18.5. The molecule has 0 radical (unpaired) electrons. The van der Waals surface area contributed by atoms with Crippen molar-refractivity contribution in [2.45, 2.75) is 90.7 Å². The largest absolute Gasteiger partial charge is 0.490 e. The van der Waals surface area contributed by atoms with Crippen LogP contribution < -0.4 is 20.7 Å². The second kappa shape index (κ2) is 19.6. The van der Waals surface area contributed by atoms with Gasteiger partial charge in [0.25, 0.3) is 0 Å². The Hall–Kier alpha value is -3.22. The summed E-state index contributed by atoms with van der Waals surface area (Å²) >= 11 is 0. The average molecular weight is 711 g/mol. The molecule has 11 nitrogen and oxygen atoms in total. The van der Waals surface area contributed by atoms with Gasteiger partial charge in [-0.05, 0) is 60.4 Å². The van der Waals surface area contributed by atoms with Gasteiger partial charge in [0, 0.05) is 58.3 Å². The lowest BCUT2D eigenvalue weighted by molar-refractivity contribution is -0.145. The van der Waals surface area contributed by atoms with Crippen LogP contribution in [0.3, 0.4) is 0 Å². The van der Waals surface area contributed by atoms with Gasteiger partial charge in [0.1, 0.15) is 12.4 Å². The number of likely N-dealkylation sites (tertiary alicyclic amines) is 1. The predicted octanol–water partition coefficient (Wildman–Crippen LogP) is 4.89. The maximum atomic E-state index is 14.1. The Morgan fingerprint density at radius 1 is 1.02 bits per heavy atom. The lowest BCUT2D eigenvalue weighted by Crippen LogP contribution is -2.58. The summed E-state index contributed by atoms with van der Waals surface area (Å²) in [5.41, 5.74) is 10.2. The van der Waals surface area contributed by atoms with Gasteiger partial charge in [-0.1, -0.05) is 58.0 Å². The van der Waals surface area contributed by atoms with Gasteiger partial charge >= 0.3 is 0 Å². The van der Waals surface area contributed by atoms with Gasteiger partial charge in [-0.25, -0.2) is 0 Å². The molecule has 2 aromatic rings. The zero-order chi connectivity index (χ0) is 37.0. The molecule has 1 saturated heterocycles. The van der Waals surface area contributed by atoms with Crippen LogP contribution in [0.4, 0.5) is 5.69 Å². The van der Waals surface area contributed by atoms with Gasteiger partial charge in [-0.2, -0.15) is 0 Å². The van der Waals surface area contributed by atoms with E-state index in [2.05, 4.69) is 60.5 Å². The minimum absolute atomic E-state index is 0.0178. The number of nitrogens with two attached hydrogens (primary N) is 1. The quantitative estimate of drug-likeness (QED) is 0.196. The lowest BCUT2D eigenvalue weighted by Gasteiger charge is -2.47. The fourth-order valence-corrected chi connectivity index (χ4v) is 7.30. The van der Waals surface area contributed by atoms with E-state index in [0.717, 1.165) is 47.6 Å². The number of methoxy groups -OCH3 is 2. The first-order chi connectivity index (χ1) is 24.5. The van der Waals surface area contributed by atoms with Crippen molar-refractivity contribution in [1.29, 1.82) is 0 Å². The van der Waals surface area contributed by atoms with Gasteiger partial charge in [0.2, 0.25) is 11.8 Å². The van der Waals surface area contributed by atoms with Crippen LogP contribution in [0.2, 0.25) is 0 Å². The highest BCUT2D eigenvalue weighted by molar-refractivity contribution is 5.83. The van der Waals surface area contributed by atoms with E-state index in [-0.39, 0.29) is 35.8 Å². The molecule has 3 N–H and O–H groups in total.